The van der Waals surface area contributed by atoms with Crippen LogP contribution in [0.5, 0.6) is 0 Å². The van der Waals surface area contributed by atoms with Gasteiger partial charge in [-0.3, -0.25) is 9.36 Å². The number of carbonyl (C=O) groups excluding carboxylic acids is 1. The number of hydrogen-bond donors (Lipinski definition) is 2. The summed E-state index contributed by atoms with van der Waals surface area (Å²) < 4.78 is 58.0. The number of aromatic nitrogens is 2. The van der Waals surface area contributed by atoms with Crippen LogP contribution in [-0.4, -0.2) is 21.8 Å². The Labute approximate surface area is 172 Å². The molecule has 4 rings (SSSR count). The molecule has 1 fully saturated rings. The van der Waals surface area contributed by atoms with Crippen LogP contribution in [0.25, 0.3) is 0 Å². The molecule has 2 aromatic rings. The van der Waals surface area contributed by atoms with Crippen LogP contribution in [-0.2, 0) is 12.1 Å². The number of alkyl halides is 3. The van der Waals surface area contributed by atoms with Gasteiger partial charge in [0.15, 0.2) is 0 Å². The predicted octanol–water partition coefficient (Wildman–Crippen LogP) is 3.39. The van der Waals surface area contributed by atoms with Crippen molar-refractivity contribution in [1.82, 2.24) is 14.9 Å². The molecule has 1 aromatic heterocycles. The molecular formula is C19H13ClF4N4O2. The van der Waals surface area contributed by atoms with E-state index in [0.29, 0.717) is 18.9 Å². The smallest absolute Gasteiger partial charge is 0.310 e. The number of benzene rings is 1. The second-order valence-corrected chi connectivity index (χ2v) is 7.42. The first-order valence-corrected chi connectivity index (χ1v) is 9.20. The van der Waals surface area contributed by atoms with Crippen LogP contribution in [0.4, 0.5) is 28.0 Å². The van der Waals surface area contributed by atoms with Gasteiger partial charge in [0.2, 0.25) is 5.54 Å². The molecule has 1 aliphatic carbocycles. The summed E-state index contributed by atoms with van der Waals surface area (Å²) in [6.07, 6.45) is -2.55. The minimum atomic E-state index is -4.99. The number of carbonyl (C=O) groups is 1. The van der Waals surface area contributed by atoms with Gasteiger partial charge in [0.25, 0.3) is 5.56 Å². The highest BCUT2D eigenvalue weighted by atomic mass is 35.5. The van der Waals surface area contributed by atoms with Crippen molar-refractivity contribution in [2.24, 2.45) is 5.92 Å². The van der Waals surface area contributed by atoms with Crippen molar-refractivity contribution in [3.8, 4) is 11.8 Å². The molecule has 2 amide bonds. The molecule has 2 heterocycles. The van der Waals surface area contributed by atoms with Gasteiger partial charge in [-0.05, 0) is 25.0 Å². The Morgan fingerprint density at radius 1 is 1.27 bits per heavy atom. The number of fused-ring (bicyclic) bond motifs is 1. The summed E-state index contributed by atoms with van der Waals surface area (Å²) in [6, 6.07) is 1.64. The number of urea groups is 1. The van der Waals surface area contributed by atoms with E-state index in [4.69, 9.17) is 11.6 Å². The van der Waals surface area contributed by atoms with E-state index in [1.165, 1.54) is 0 Å². The monoisotopic (exact) mass is 440 g/mol. The van der Waals surface area contributed by atoms with Crippen LogP contribution in [0, 0.1) is 23.6 Å². The van der Waals surface area contributed by atoms with Gasteiger partial charge in [-0.15, -0.1) is 0 Å². The zero-order chi connectivity index (χ0) is 21.7. The van der Waals surface area contributed by atoms with Crippen molar-refractivity contribution in [2.45, 2.75) is 31.1 Å². The largest absolute Gasteiger partial charge is 0.427 e. The van der Waals surface area contributed by atoms with Crippen molar-refractivity contribution in [3.63, 3.8) is 0 Å². The average Bonchev–Trinajstić information content (AvgIpc) is 3.46. The third kappa shape index (κ3) is 3.61. The van der Waals surface area contributed by atoms with Crippen molar-refractivity contribution >= 4 is 23.3 Å². The Morgan fingerprint density at radius 2 is 2.00 bits per heavy atom. The minimum absolute atomic E-state index is 0.0512. The van der Waals surface area contributed by atoms with E-state index in [2.05, 4.69) is 22.1 Å². The maximum atomic E-state index is 14.8. The highest BCUT2D eigenvalue weighted by Gasteiger charge is 2.59. The maximum absolute atomic E-state index is 14.8. The summed E-state index contributed by atoms with van der Waals surface area (Å²) in [4.78, 5) is 27.7. The standard InChI is InChI=1S/C19H13ClF4N4O2/c20-15-7-16(29)28(9-25-15)8-11-5-14-12(6-13(11)21)18(19(22,23)24,27-17(30)26-14)4-3-10-1-2-10/h5-7,9-10H,1-2,8H2,(H2,26,27,30)/t18-/m0/s1. The first-order valence-electron chi connectivity index (χ1n) is 8.82. The van der Waals surface area contributed by atoms with E-state index in [1.54, 1.807) is 0 Å². The van der Waals surface area contributed by atoms with Crippen molar-refractivity contribution in [1.29, 1.82) is 0 Å². The molecule has 1 saturated carbocycles. The fourth-order valence-corrected chi connectivity index (χ4v) is 3.22. The summed E-state index contributed by atoms with van der Waals surface area (Å²) in [6.45, 7) is -0.321. The molecule has 30 heavy (non-hydrogen) atoms. The highest BCUT2D eigenvalue weighted by Crippen LogP contribution is 2.45. The second kappa shape index (κ2) is 7.02. The molecule has 2 N–H and O–H groups in total. The van der Waals surface area contributed by atoms with Crippen molar-refractivity contribution in [2.75, 3.05) is 5.32 Å². The number of halogens is 5. The molecule has 1 aromatic carbocycles. The predicted molar refractivity (Wildman–Crippen MR) is 99.4 cm³/mol. The third-order valence-electron chi connectivity index (χ3n) is 4.79. The summed E-state index contributed by atoms with van der Waals surface area (Å²) in [7, 11) is 0. The van der Waals surface area contributed by atoms with Gasteiger partial charge in [0.05, 0.1) is 12.9 Å². The zero-order valence-electron chi connectivity index (χ0n) is 15.1. The Morgan fingerprint density at radius 3 is 2.63 bits per heavy atom. The molecule has 1 aliphatic heterocycles. The van der Waals surface area contributed by atoms with Crippen molar-refractivity contribution in [3.05, 3.63) is 57.0 Å². The fourth-order valence-electron chi connectivity index (χ4n) is 3.08. The van der Waals surface area contributed by atoms with Crippen molar-refractivity contribution < 1.29 is 22.4 Å². The van der Waals surface area contributed by atoms with E-state index in [0.717, 1.165) is 23.0 Å². The molecule has 11 heteroatoms. The van der Waals surface area contributed by atoms with Crippen LogP contribution in [0.1, 0.15) is 24.0 Å². The van der Waals surface area contributed by atoms with E-state index in [1.807, 2.05) is 5.32 Å². The fraction of sp³-hybridized carbons (Fsp3) is 0.316. The van der Waals surface area contributed by atoms with Gasteiger partial charge in [-0.1, -0.05) is 23.4 Å². The molecular weight excluding hydrogens is 428 g/mol. The normalized spacial score (nSPS) is 20.5. The Hall–Kier alpha value is -3.06. The van der Waals surface area contributed by atoms with E-state index >= 15 is 0 Å². The summed E-state index contributed by atoms with van der Waals surface area (Å²) in [5.74, 6) is 3.50. The van der Waals surface area contributed by atoms with Crippen LogP contribution in [0.2, 0.25) is 5.15 Å². The minimum Gasteiger partial charge on any atom is -0.310 e. The molecule has 0 saturated heterocycles. The van der Waals surface area contributed by atoms with Gasteiger partial charge in [-0.2, -0.15) is 13.2 Å². The number of anilines is 1. The first-order chi connectivity index (χ1) is 14.1. The molecule has 0 radical (unpaired) electrons. The lowest BCUT2D eigenvalue weighted by Gasteiger charge is -2.37. The van der Waals surface area contributed by atoms with E-state index in [-0.39, 0.29) is 28.9 Å². The van der Waals surface area contributed by atoms with Crippen LogP contribution in [0.3, 0.4) is 0 Å². The van der Waals surface area contributed by atoms with Gasteiger partial charge in [-0.25, -0.2) is 14.2 Å². The summed E-state index contributed by atoms with van der Waals surface area (Å²) in [5, 5.41) is 4.03. The Bertz CT molecular complexity index is 1160. The topological polar surface area (TPSA) is 76.0 Å². The number of hydrogen-bond acceptors (Lipinski definition) is 3. The SMILES string of the molecule is O=C1Nc2cc(Cn3cnc(Cl)cc3=O)c(F)cc2[C@@](C#CC2CC2)(C(F)(F)F)N1. The maximum Gasteiger partial charge on any atom is 0.427 e. The van der Waals surface area contributed by atoms with Gasteiger partial charge < -0.3 is 10.6 Å². The van der Waals surface area contributed by atoms with Gasteiger partial charge in [0.1, 0.15) is 11.0 Å². The van der Waals surface area contributed by atoms with Gasteiger partial charge >= 0.3 is 12.2 Å². The van der Waals surface area contributed by atoms with E-state index in [9.17, 15) is 27.2 Å². The quantitative estimate of drug-likeness (QED) is 0.427. The molecule has 1 atom stereocenters. The molecule has 2 aliphatic rings. The number of rotatable bonds is 2. The van der Waals surface area contributed by atoms with Crippen LogP contribution in [0.15, 0.2) is 29.3 Å². The molecule has 0 spiro atoms. The first kappa shape index (κ1) is 20.2. The number of nitrogens with one attached hydrogen (secondary N) is 2. The molecule has 0 unspecified atom stereocenters. The molecule has 6 nitrogen and oxygen atoms in total. The lowest BCUT2D eigenvalue weighted by molar-refractivity contribution is -0.178. The van der Waals surface area contributed by atoms with Crippen LogP contribution < -0.4 is 16.2 Å². The average molecular weight is 441 g/mol. The molecule has 0 bridgehead atoms. The zero-order valence-corrected chi connectivity index (χ0v) is 15.9. The second-order valence-electron chi connectivity index (χ2n) is 7.04. The number of nitrogens with zero attached hydrogens (tertiary/aromatic N) is 2. The summed E-state index contributed by atoms with van der Waals surface area (Å²) >= 11 is 5.62. The third-order valence-corrected chi connectivity index (χ3v) is 5.00. The lowest BCUT2D eigenvalue weighted by Crippen LogP contribution is -2.59. The summed E-state index contributed by atoms with van der Waals surface area (Å²) in [5.41, 5.74) is -4.52. The highest BCUT2D eigenvalue weighted by molar-refractivity contribution is 6.29. The van der Waals surface area contributed by atoms with Crippen LogP contribution >= 0.6 is 11.6 Å². The number of amides is 2. The van der Waals surface area contributed by atoms with E-state index < -0.39 is 34.7 Å². The molecule has 156 valence electrons. The Balaban J connectivity index is 1.82. The van der Waals surface area contributed by atoms with Gasteiger partial charge in [0, 0.05) is 28.8 Å². The lowest BCUT2D eigenvalue weighted by atomic mass is 9.85. The Kier molecular flexibility index (Phi) is 4.73.